The van der Waals surface area contributed by atoms with E-state index in [2.05, 4.69) is 18.3 Å². The van der Waals surface area contributed by atoms with Gasteiger partial charge >= 0.3 is 0 Å². The molecule has 0 bridgehead atoms. The van der Waals surface area contributed by atoms with Crippen LogP contribution in [0.4, 0.5) is 5.82 Å². The van der Waals surface area contributed by atoms with Crippen LogP contribution in [0.15, 0.2) is 0 Å². The number of nitriles is 1. The largest absolute Gasteiger partial charge is 0.376 e. The van der Waals surface area contributed by atoms with E-state index in [1.54, 1.807) is 0 Å². The maximum atomic E-state index is 9.57. The van der Waals surface area contributed by atoms with Crippen molar-refractivity contribution in [3.63, 3.8) is 0 Å². The van der Waals surface area contributed by atoms with Crippen LogP contribution in [0.1, 0.15) is 55.0 Å². The number of anilines is 1. The molecule has 0 spiro atoms. The van der Waals surface area contributed by atoms with Crippen molar-refractivity contribution in [2.24, 2.45) is 0 Å². The molecule has 1 aliphatic carbocycles. The summed E-state index contributed by atoms with van der Waals surface area (Å²) in [5, 5.41) is 12.9. The Morgan fingerprint density at radius 3 is 2.76 bits per heavy atom. The second-order valence-corrected chi connectivity index (χ2v) is 5.93. The Morgan fingerprint density at radius 1 is 1.29 bits per heavy atom. The first-order valence-electron chi connectivity index (χ1n) is 8.13. The van der Waals surface area contributed by atoms with Crippen LogP contribution in [0.2, 0.25) is 0 Å². The SMILES string of the molecule is CCc1nc(NCC2CCCO2)c(C#N)c2c1CCCC2. The lowest BCUT2D eigenvalue weighted by atomic mass is 9.87. The van der Waals surface area contributed by atoms with E-state index in [9.17, 15) is 5.26 Å². The van der Waals surface area contributed by atoms with Gasteiger partial charge in [-0.05, 0) is 56.1 Å². The van der Waals surface area contributed by atoms with Crippen molar-refractivity contribution in [3.8, 4) is 6.07 Å². The summed E-state index contributed by atoms with van der Waals surface area (Å²) in [5.41, 5.74) is 4.51. The Kier molecular flexibility index (Phi) is 4.40. The van der Waals surface area contributed by atoms with Crippen molar-refractivity contribution >= 4 is 5.82 Å². The summed E-state index contributed by atoms with van der Waals surface area (Å²) in [6, 6.07) is 2.38. The van der Waals surface area contributed by atoms with Crippen LogP contribution in [-0.4, -0.2) is 24.2 Å². The predicted octanol–water partition coefficient (Wildman–Crippen LogP) is 2.99. The van der Waals surface area contributed by atoms with E-state index in [-0.39, 0.29) is 6.10 Å². The van der Waals surface area contributed by atoms with Gasteiger partial charge in [-0.15, -0.1) is 0 Å². The fraction of sp³-hybridized carbons (Fsp3) is 0.647. The average Bonchev–Trinajstić information content (AvgIpc) is 3.05. The molecule has 1 aromatic heterocycles. The second kappa shape index (κ2) is 6.44. The van der Waals surface area contributed by atoms with Crippen molar-refractivity contribution in [2.75, 3.05) is 18.5 Å². The molecule has 4 heteroatoms. The first-order chi connectivity index (χ1) is 10.3. The number of pyridine rings is 1. The van der Waals surface area contributed by atoms with Crippen molar-refractivity contribution in [1.29, 1.82) is 5.26 Å². The van der Waals surface area contributed by atoms with Crippen LogP contribution >= 0.6 is 0 Å². The molecule has 21 heavy (non-hydrogen) atoms. The normalized spacial score (nSPS) is 20.9. The van der Waals surface area contributed by atoms with E-state index >= 15 is 0 Å². The number of nitrogens with one attached hydrogen (secondary N) is 1. The summed E-state index contributed by atoms with van der Waals surface area (Å²) in [6.07, 6.45) is 7.92. The van der Waals surface area contributed by atoms with Gasteiger partial charge in [0.2, 0.25) is 0 Å². The summed E-state index contributed by atoms with van der Waals surface area (Å²) < 4.78 is 5.64. The first kappa shape index (κ1) is 14.3. The zero-order valence-corrected chi connectivity index (χ0v) is 12.7. The minimum Gasteiger partial charge on any atom is -0.376 e. The highest BCUT2D eigenvalue weighted by molar-refractivity contribution is 5.60. The van der Waals surface area contributed by atoms with E-state index in [1.165, 1.54) is 29.7 Å². The fourth-order valence-corrected chi connectivity index (χ4v) is 3.46. The highest BCUT2D eigenvalue weighted by Gasteiger charge is 2.22. The van der Waals surface area contributed by atoms with E-state index in [4.69, 9.17) is 9.72 Å². The van der Waals surface area contributed by atoms with Gasteiger partial charge in [0, 0.05) is 18.8 Å². The molecule has 4 nitrogen and oxygen atoms in total. The Balaban J connectivity index is 1.89. The molecule has 1 unspecified atom stereocenters. The minimum absolute atomic E-state index is 0.263. The summed E-state index contributed by atoms with van der Waals surface area (Å²) in [7, 11) is 0. The molecule has 0 radical (unpaired) electrons. The quantitative estimate of drug-likeness (QED) is 0.924. The number of nitrogens with zero attached hydrogens (tertiary/aromatic N) is 2. The summed E-state index contributed by atoms with van der Waals surface area (Å²) >= 11 is 0. The van der Waals surface area contributed by atoms with Crippen LogP contribution < -0.4 is 5.32 Å². The van der Waals surface area contributed by atoms with Crippen molar-refractivity contribution in [1.82, 2.24) is 4.98 Å². The number of aryl methyl sites for hydroxylation is 1. The van der Waals surface area contributed by atoms with Crippen molar-refractivity contribution < 1.29 is 4.74 Å². The highest BCUT2D eigenvalue weighted by atomic mass is 16.5. The van der Waals surface area contributed by atoms with Crippen LogP contribution in [-0.2, 0) is 24.0 Å². The number of fused-ring (bicyclic) bond motifs is 1. The lowest BCUT2D eigenvalue weighted by Gasteiger charge is -2.22. The highest BCUT2D eigenvalue weighted by Crippen LogP contribution is 2.30. The molecular formula is C17H23N3O. The molecule has 2 aliphatic rings. The third-order valence-electron chi connectivity index (χ3n) is 4.57. The van der Waals surface area contributed by atoms with Gasteiger partial charge in [0.05, 0.1) is 11.7 Å². The number of hydrogen-bond acceptors (Lipinski definition) is 4. The van der Waals surface area contributed by atoms with E-state index < -0.39 is 0 Å². The third kappa shape index (κ3) is 2.89. The summed E-state index contributed by atoms with van der Waals surface area (Å²) in [4.78, 5) is 4.75. The number of aromatic nitrogens is 1. The summed E-state index contributed by atoms with van der Waals surface area (Å²) in [5.74, 6) is 0.769. The molecule has 1 atom stereocenters. The molecule has 0 saturated carbocycles. The van der Waals surface area contributed by atoms with Crippen molar-refractivity contribution in [3.05, 3.63) is 22.4 Å². The Labute approximate surface area is 126 Å². The van der Waals surface area contributed by atoms with Gasteiger partial charge in [-0.25, -0.2) is 4.98 Å². The minimum atomic E-state index is 0.263. The van der Waals surface area contributed by atoms with E-state index in [1.807, 2.05) is 0 Å². The Morgan fingerprint density at radius 2 is 2.10 bits per heavy atom. The second-order valence-electron chi connectivity index (χ2n) is 5.93. The molecule has 2 heterocycles. The van der Waals surface area contributed by atoms with Crippen LogP contribution in [0.25, 0.3) is 0 Å². The van der Waals surface area contributed by atoms with Crippen LogP contribution in [0, 0.1) is 11.3 Å². The zero-order chi connectivity index (χ0) is 14.7. The molecule has 1 aliphatic heterocycles. The van der Waals surface area contributed by atoms with Gasteiger partial charge in [0.25, 0.3) is 0 Å². The average molecular weight is 285 g/mol. The Hall–Kier alpha value is -1.60. The third-order valence-corrected chi connectivity index (χ3v) is 4.57. The van der Waals surface area contributed by atoms with Crippen LogP contribution in [0.3, 0.4) is 0 Å². The molecule has 1 fully saturated rings. The molecule has 0 amide bonds. The Bertz CT molecular complexity index is 556. The van der Waals surface area contributed by atoms with E-state index in [0.717, 1.165) is 56.6 Å². The molecule has 1 saturated heterocycles. The molecule has 1 N–H and O–H groups in total. The number of ether oxygens (including phenoxy) is 1. The van der Waals surface area contributed by atoms with Gasteiger partial charge in [-0.2, -0.15) is 5.26 Å². The zero-order valence-electron chi connectivity index (χ0n) is 12.7. The number of rotatable bonds is 4. The summed E-state index contributed by atoms with van der Waals surface area (Å²) in [6.45, 7) is 3.76. The predicted molar refractivity (Wildman–Crippen MR) is 82.4 cm³/mol. The molecule has 0 aromatic carbocycles. The standard InChI is InChI=1S/C17H23N3O/c1-2-16-14-8-4-3-7-13(14)15(10-18)17(20-16)19-11-12-6-5-9-21-12/h12H,2-9,11H2,1H3,(H,19,20). The van der Waals surface area contributed by atoms with Gasteiger partial charge in [-0.3, -0.25) is 0 Å². The van der Waals surface area contributed by atoms with E-state index in [0.29, 0.717) is 0 Å². The maximum Gasteiger partial charge on any atom is 0.144 e. The van der Waals surface area contributed by atoms with Crippen LogP contribution in [0.5, 0.6) is 0 Å². The molecular weight excluding hydrogens is 262 g/mol. The first-order valence-corrected chi connectivity index (χ1v) is 8.13. The lowest BCUT2D eigenvalue weighted by Crippen LogP contribution is -2.21. The fourth-order valence-electron chi connectivity index (χ4n) is 3.46. The molecule has 3 rings (SSSR count). The van der Waals surface area contributed by atoms with Gasteiger partial charge in [0.1, 0.15) is 11.9 Å². The smallest absolute Gasteiger partial charge is 0.144 e. The lowest BCUT2D eigenvalue weighted by molar-refractivity contribution is 0.120. The topological polar surface area (TPSA) is 57.9 Å². The molecule has 1 aromatic rings. The van der Waals surface area contributed by atoms with Gasteiger partial charge in [0.15, 0.2) is 0 Å². The maximum absolute atomic E-state index is 9.57. The van der Waals surface area contributed by atoms with Gasteiger partial charge in [-0.1, -0.05) is 6.92 Å². The number of hydrogen-bond donors (Lipinski definition) is 1. The van der Waals surface area contributed by atoms with Crippen molar-refractivity contribution in [2.45, 2.75) is 58.0 Å². The monoisotopic (exact) mass is 285 g/mol. The molecule has 112 valence electrons. The van der Waals surface area contributed by atoms with Gasteiger partial charge < -0.3 is 10.1 Å².